The van der Waals surface area contributed by atoms with E-state index < -0.39 is 35.7 Å². The number of carbonyl (C=O) groups excluding carboxylic acids is 2. The van der Waals surface area contributed by atoms with Crippen molar-refractivity contribution in [1.82, 2.24) is 10.2 Å². The van der Waals surface area contributed by atoms with Crippen molar-refractivity contribution in [2.75, 3.05) is 13.7 Å². The fourth-order valence-corrected chi connectivity index (χ4v) is 4.65. The molecule has 2 amide bonds. The fraction of sp³-hybridized carbons (Fsp3) is 0.375. The van der Waals surface area contributed by atoms with E-state index in [9.17, 15) is 32.7 Å². The first-order valence-electron chi connectivity index (χ1n) is 10.8. The Balaban J connectivity index is 1.48. The van der Waals surface area contributed by atoms with Crippen LogP contribution in [0.5, 0.6) is 0 Å². The van der Waals surface area contributed by atoms with Gasteiger partial charge in [-0.05, 0) is 41.5 Å². The summed E-state index contributed by atoms with van der Waals surface area (Å²) in [5, 5.41) is 11.0. The van der Waals surface area contributed by atoms with Gasteiger partial charge in [0, 0.05) is 13.0 Å². The molecule has 1 atom stereocenters. The summed E-state index contributed by atoms with van der Waals surface area (Å²) in [5.41, 5.74) is 1.97. The zero-order chi connectivity index (χ0) is 24.7. The third-order valence-corrected chi connectivity index (χ3v) is 6.73. The number of hydrogen-bond donors (Lipinski definition) is 2. The van der Waals surface area contributed by atoms with Crippen LogP contribution in [0.15, 0.2) is 48.5 Å². The van der Waals surface area contributed by atoms with Crippen LogP contribution < -0.4 is 5.32 Å². The molecule has 0 aromatic heterocycles. The third-order valence-electron chi connectivity index (χ3n) is 6.73. The van der Waals surface area contributed by atoms with E-state index in [0.29, 0.717) is 11.3 Å². The average Bonchev–Trinajstić information content (AvgIpc) is 3.07. The normalized spacial score (nSPS) is 17.1. The Morgan fingerprint density at radius 2 is 1.62 bits per heavy atom. The van der Waals surface area contributed by atoms with Gasteiger partial charge in [-0.25, -0.2) is 9.59 Å². The topological polar surface area (TPSA) is 95.9 Å². The van der Waals surface area contributed by atoms with E-state index in [-0.39, 0.29) is 25.4 Å². The molecule has 4 rings (SSSR count). The highest BCUT2D eigenvalue weighted by Gasteiger charge is 2.55. The van der Waals surface area contributed by atoms with Crippen LogP contribution in [0.3, 0.4) is 0 Å². The number of carboxylic acids is 1. The fourth-order valence-electron chi connectivity index (χ4n) is 4.65. The Labute approximate surface area is 193 Å². The smallest absolute Gasteiger partial charge is 0.417 e. The highest BCUT2D eigenvalue weighted by Crippen LogP contribution is 2.44. The summed E-state index contributed by atoms with van der Waals surface area (Å²) in [4.78, 5) is 37.2. The molecule has 10 heteroatoms. The van der Waals surface area contributed by atoms with E-state index in [2.05, 4.69) is 0 Å². The van der Waals surface area contributed by atoms with Crippen LogP contribution in [0.25, 0.3) is 11.1 Å². The molecule has 2 aliphatic rings. The highest BCUT2D eigenvalue weighted by atomic mass is 19.4. The molecule has 0 radical (unpaired) electrons. The van der Waals surface area contributed by atoms with Crippen LogP contribution in [0.4, 0.5) is 18.0 Å². The number of aliphatic carboxylic acids is 1. The highest BCUT2D eigenvalue weighted by molar-refractivity contribution is 5.92. The molecule has 1 saturated carbocycles. The molecule has 34 heavy (non-hydrogen) atoms. The molecule has 2 aliphatic carbocycles. The van der Waals surface area contributed by atoms with Gasteiger partial charge in [-0.15, -0.1) is 0 Å². The molecule has 2 aromatic carbocycles. The lowest BCUT2D eigenvalue weighted by molar-refractivity contribution is -0.184. The van der Waals surface area contributed by atoms with Crippen molar-refractivity contribution < 1.29 is 37.4 Å². The van der Waals surface area contributed by atoms with E-state index in [1.165, 1.54) is 0 Å². The van der Waals surface area contributed by atoms with Crippen molar-refractivity contribution in [3.05, 3.63) is 59.7 Å². The van der Waals surface area contributed by atoms with Gasteiger partial charge in [0.2, 0.25) is 6.04 Å². The van der Waals surface area contributed by atoms with Crippen LogP contribution in [0.2, 0.25) is 0 Å². The van der Waals surface area contributed by atoms with Gasteiger partial charge in [-0.3, -0.25) is 4.79 Å². The first-order valence-corrected chi connectivity index (χ1v) is 10.8. The molecule has 2 aromatic rings. The van der Waals surface area contributed by atoms with Gasteiger partial charge in [0.05, 0.1) is 0 Å². The molecule has 0 bridgehead atoms. The Morgan fingerprint density at radius 3 is 2.06 bits per heavy atom. The first-order chi connectivity index (χ1) is 16.1. The summed E-state index contributed by atoms with van der Waals surface area (Å²) in [6.07, 6.45) is -6.00. The summed E-state index contributed by atoms with van der Waals surface area (Å²) < 4.78 is 46.1. The summed E-state index contributed by atoms with van der Waals surface area (Å²) >= 11 is 0. The number of benzene rings is 2. The molecule has 0 saturated heterocycles. The molecule has 0 heterocycles. The lowest BCUT2D eigenvalue weighted by atomic mass is 9.75. The lowest BCUT2D eigenvalue weighted by Crippen LogP contribution is -2.65. The number of carbonyl (C=O) groups is 3. The zero-order valence-corrected chi connectivity index (χ0v) is 18.3. The summed E-state index contributed by atoms with van der Waals surface area (Å²) in [5.74, 6) is -3.30. The van der Waals surface area contributed by atoms with Crippen LogP contribution in [0, 0.1) is 0 Å². The standard InChI is InChI=1S/C24H23F3N2O5/c1-29(23(21(31)32)11-6-12-23)20(30)19(24(25,26)27)28-22(33)34-13-18-16-9-4-2-7-14(16)15-8-3-5-10-17(15)18/h2-5,7-10,18-19H,6,11-13H2,1H3,(H,28,33)(H,31,32). The predicted octanol–water partition coefficient (Wildman–Crippen LogP) is 3.92. The quantitative estimate of drug-likeness (QED) is 0.659. The second-order valence-corrected chi connectivity index (χ2v) is 8.53. The number of alkyl carbamates (subject to hydrolysis) is 1. The molecule has 180 valence electrons. The molecule has 2 N–H and O–H groups in total. The van der Waals surface area contributed by atoms with E-state index >= 15 is 0 Å². The van der Waals surface area contributed by atoms with Crippen molar-refractivity contribution in [2.45, 2.75) is 42.9 Å². The number of hydrogen-bond acceptors (Lipinski definition) is 4. The van der Waals surface area contributed by atoms with E-state index in [0.717, 1.165) is 29.3 Å². The SMILES string of the molecule is CN(C(=O)C(NC(=O)OCC1c2ccccc2-c2ccccc21)C(F)(F)F)C1(C(=O)O)CCC1. The average molecular weight is 476 g/mol. The number of fused-ring (bicyclic) bond motifs is 3. The number of carboxylic acid groups (broad SMARTS) is 1. The van der Waals surface area contributed by atoms with E-state index in [1.807, 2.05) is 48.5 Å². The zero-order valence-electron chi connectivity index (χ0n) is 18.3. The van der Waals surface area contributed by atoms with Gasteiger partial charge in [0.1, 0.15) is 12.1 Å². The van der Waals surface area contributed by atoms with Gasteiger partial charge >= 0.3 is 18.2 Å². The molecular weight excluding hydrogens is 453 g/mol. The van der Waals surface area contributed by atoms with Crippen molar-refractivity contribution in [3.8, 4) is 11.1 Å². The maximum Gasteiger partial charge on any atom is 0.417 e. The van der Waals surface area contributed by atoms with Crippen LogP contribution in [-0.4, -0.2) is 59.4 Å². The number of rotatable bonds is 6. The van der Waals surface area contributed by atoms with Crippen molar-refractivity contribution in [3.63, 3.8) is 0 Å². The monoisotopic (exact) mass is 476 g/mol. The first kappa shape index (κ1) is 23.6. The Bertz CT molecular complexity index is 1080. The molecule has 0 aliphatic heterocycles. The van der Waals surface area contributed by atoms with Crippen molar-refractivity contribution >= 4 is 18.0 Å². The minimum atomic E-state index is -5.14. The number of halogens is 3. The van der Waals surface area contributed by atoms with Crippen molar-refractivity contribution in [2.24, 2.45) is 0 Å². The predicted molar refractivity (Wildman–Crippen MR) is 115 cm³/mol. The van der Waals surface area contributed by atoms with Crippen LogP contribution >= 0.6 is 0 Å². The second kappa shape index (κ2) is 8.66. The molecular formula is C24H23F3N2O5. The third kappa shape index (κ3) is 3.97. The maximum atomic E-state index is 13.7. The lowest BCUT2D eigenvalue weighted by Gasteiger charge is -2.45. The van der Waals surface area contributed by atoms with Gasteiger partial charge in [-0.1, -0.05) is 48.5 Å². The Hall–Kier alpha value is -3.56. The minimum Gasteiger partial charge on any atom is -0.479 e. The van der Waals surface area contributed by atoms with Crippen LogP contribution in [0.1, 0.15) is 36.3 Å². The summed E-state index contributed by atoms with van der Waals surface area (Å²) in [6.45, 7) is -0.229. The maximum absolute atomic E-state index is 13.7. The number of likely N-dealkylation sites (N-methyl/N-ethyl adjacent to an activating group) is 1. The van der Waals surface area contributed by atoms with E-state index in [1.54, 1.807) is 5.32 Å². The van der Waals surface area contributed by atoms with Gasteiger partial charge in [0.15, 0.2) is 0 Å². The number of alkyl halides is 3. The number of nitrogens with zero attached hydrogens (tertiary/aromatic N) is 1. The second-order valence-electron chi connectivity index (χ2n) is 8.53. The van der Waals surface area contributed by atoms with Crippen molar-refractivity contribution in [1.29, 1.82) is 0 Å². The molecule has 7 nitrogen and oxygen atoms in total. The molecule has 1 fully saturated rings. The van der Waals surface area contributed by atoms with Gasteiger partial charge in [-0.2, -0.15) is 13.2 Å². The molecule has 1 unspecified atom stereocenters. The van der Waals surface area contributed by atoms with Crippen LogP contribution in [-0.2, 0) is 14.3 Å². The summed E-state index contributed by atoms with van der Waals surface area (Å²) in [6, 6.07) is 12.0. The molecule has 0 spiro atoms. The minimum absolute atomic E-state index is 0.0418. The van der Waals surface area contributed by atoms with Gasteiger partial charge in [0.25, 0.3) is 5.91 Å². The summed E-state index contributed by atoms with van der Waals surface area (Å²) in [7, 11) is 1.01. The van der Waals surface area contributed by atoms with E-state index in [4.69, 9.17) is 4.74 Å². The van der Waals surface area contributed by atoms with Gasteiger partial charge < -0.3 is 20.1 Å². The Morgan fingerprint density at radius 1 is 1.09 bits per heavy atom. The number of ether oxygens (including phenoxy) is 1. The number of amides is 2. The largest absolute Gasteiger partial charge is 0.479 e. The number of nitrogens with one attached hydrogen (secondary N) is 1. The Kier molecular flexibility index (Phi) is 6.01.